The highest BCUT2D eigenvalue weighted by Gasteiger charge is 2.18. The number of hydrogen-bond acceptors (Lipinski definition) is 3. The molecule has 1 saturated carbocycles. The van der Waals surface area contributed by atoms with E-state index in [9.17, 15) is 5.26 Å². The van der Waals surface area contributed by atoms with Gasteiger partial charge in [0.1, 0.15) is 0 Å². The van der Waals surface area contributed by atoms with Gasteiger partial charge >= 0.3 is 0 Å². The molecule has 0 amide bonds. The van der Waals surface area contributed by atoms with Crippen LogP contribution in [0.5, 0.6) is 11.5 Å². The summed E-state index contributed by atoms with van der Waals surface area (Å²) in [5.74, 6) is 1.45. The molecule has 0 radical (unpaired) electrons. The van der Waals surface area contributed by atoms with E-state index in [-0.39, 0.29) is 6.10 Å². The quantitative estimate of drug-likeness (QED) is 0.509. The summed E-state index contributed by atoms with van der Waals surface area (Å²) in [5, 5.41) is 10.2. The molecule has 2 aromatic rings. The van der Waals surface area contributed by atoms with E-state index in [0.717, 1.165) is 29.7 Å². The molecule has 3 rings (SSSR count). The summed E-state index contributed by atoms with van der Waals surface area (Å²) >= 11 is 5.92. The Hall–Kier alpha value is -2.44. The molecule has 1 aliphatic rings. The van der Waals surface area contributed by atoms with E-state index in [1.54, 1.807) is 19.2 Å². The van der Waals surface area contributed by atoms with E-state index in [1.807, 2.05) is 36.4 Å². The number of rotatable bonds is 5. The average Bonchev–Trinajstić information content (AvgIpc) is 3.14. The minimum atomic E-state index is 0.250. The van der Waals surface area contributed by atoms with Gasteiger partial charge in [0.25, 0.3) is 0 Å². The smallest absolute Gasteiger partial charge is 0.162 e. The minimum Gasteiger partial charge on any atom is -0.493 e. The van der Waals surface area contributed by atoms with Crippen LogP contribution in [0.15, 0.2) is 42.5 Å². The van der Waals surface area contributed by atoms with E-state index in [1.165, 1.54) is 12.8 Å². The summed E-state index contributed by atoms with van der Waals surface area (Å²) in [6.07, 6.45) is 6.68. The van der Waals surface area contributed by atoms with Crippen LogP contribution >= 0.6 is 11.6 Å². The van der Waals surface area contributed by atoms with Crippen LogP contribution in [0.25, 0.3) is 11.6 Å². The molecule has 1 aliphatic carbocycles. The lowest BCUT2D eigenvalue weighted by molar-refractivity contribution is 0.201. The van der Waals surface area contributed by atoms with E-state index >= 15 is 0 Å². The van der Waals surface area contributed by atoms with Crippen molar-refractivity contribution < 1.29 is 9.47 Å². The lowest BCUT2D eigenvalue weighted by atomic mass is 10.0. The van der Waals surface area contributed by atoms with Crippen LogP contribution in [-0.4, -0.2) is 13.2 Å². The summed E-state index contributed by atoms with van der Waals surface area (Å²) in [6.45, 7) is 0. The van der Waals surface area contributed by atoms with Crippen LogP contribution in [-0.2, 0) is 0 Å². The Morgan fingerprint density at radius 2 is 1.84 bits per heavy atom. The Labute approximate surface area is 153 Å². The summed E-state index contributed by atoms with van der Waals surface area (Å²) in [6, 6.07) is 15.2. The predicted molar refractivity (Wildman–Crippen MR) is 101 cm³/mol. The number of halogens is 1. The second-order valence-corrected chi connectivity index (χ2v) is 6.55. The number of nitriles is 1. The van der Waals surface area contributed by atoms with Crippen molar-refractivity contribution in [1.82, 2.24) is 0 Å². The topological polar surface area (TPSA) is 42.2 Å². The van der Waals surface area contributed by atoms with Gasteiger partial charge in [0.05, 0.1) is 24.9 Å². The monoisotopic (exact) mass is 353 g/mol. The summed E-state index contributed by atoms with van der Waals surface area (Å²) < 4.78 is 11.5. The van der Waals surface area contributed by atoms with Crippen LogP contribution in [0.4, 0.5) is 0 Å². The second kappa shape index (κ2) is 8.09. The molecular formula is C21H20ClNO2. The molecule has 0 saturated heterocycles. The SMILES string of the molecule is COc1ccc(C=C(C#N)c2ccc(Cl)cc2)cc1OC1CCCC1. The molecule has 0 bridgehead atoms. The molecule has 0 unspecified atom stereocenters. The number of ether oxygens (including phenoxy) is 2. The lowest BCUT2D eigenvalue weighted by Crippen LogP contribution is -2.11. The highest BCUT2D eigenvalue weighted by molar-refractivity contribution is 6.30. The van der Waals surface area contributed by atoms with Gasteiger partial charge in [-0.15, -0.1) is 0 Å². The van der Waals surface area contributed by atoms with Gasteiger partial charge in [-0.05, 0) is 67.2 Å². The molecule has 0 spiro atoms. The maximum Gasteiger partial charge on any atom is 0.162 e. The Morgan fingerprint density at radius 1 is 1.12 bits per heavy atom. The first-order valence-corrected chi connectivity index (χ1v) is 8.80. The maximum absolute atomic E-state index is 9.50. The van der Waals surface area contributed by atoms with Crippen molar-refractivity contribution in [3.05, 3.63) is 58.6 Å². The standard InChI is InChI=1S/C21H20ClNO2/c1-24-20-11-6-15(13-21(20)25-19-4-2-3-5-19)12-17(14-23)16-7-9-18(22)10-8-16/h6-13,19H,2-5H2,1H3. The van der Waals surface area contributed by atoms with Crippen LogP contribution in [0.3, 0.4) is 0 Å². The van der Waals surface area contributed by atoms with Crippen molar-refractivity contribution in [3.8, 4) is 17.6 Å². The molecule has 0 heterocycles. The Morgan fingerprint density at radius 3 is 2.48 bits per heavy atom. The average molecular weight is 354 g/mol. The molecule has 1 fully saturated rings. The fraction of sp³-hybridized carbons (Fsp3) is 0.286. The predicted octanol–water partition coefficient (Wildman–Crippen LogP) is 5.73. The zero-order chi connectivity index (χ0) is 17.6. The van der Waals surface area contributed by atoms with E-state index in [0.29, 0.717) is 16.3 Å². The first kappa shape index (κ1) is 17.4. The molecule has 4 heteroatoms. The highest BCUT2D eigenvalue weighted by atomic mass is 35.5. The number of methoxy groups -OCH3 is 1. The van der Waals surface area contributed by atoms with Crippen LogP contribution in [0, 0.1) is 11.3 Å². The van der Waals surface area contributed by atoms with Gasteiger partial charge < -0.3 is 9.47 Å². The normalized spacial score (nSPS) is 15.0. The van der Waals surface area contributed by atoms with E-state index in [4.69, 9.17) is 21.1 Å². The van der Waals surface area contributed by atoms with Crippen molar-refractivity contribution in [2.24, 2.45) is 0 Å². The fourth-order valence-electron chi connectivity index (χ4n) is 3.04. The number of allylic oxidation sites excluding steroid dienone is 1. The third kappa shape index (κ3) is 4.35. The van der Waals surface area contributed by atoms with E-state index < -0.39 is 0 Å². The van der Waals surface area contributed by atoms with Gasteiger partial charge in [0.15, 0.2) is 11.5 Å². The van der Waals surface area contributed by atoms with E-state index in [2.05, 4.69) is 6.07 Å². The minimum absolute atomic E-state index is 0.250. The molecule has 0 aromatic heterocycles. The first-order chi connectivity index (χ1) is 12.2. The third-order valence-corrected chi connectivity index (χ3v) is 4.62. The first-order valence-electron chi connectivity index (χ1n) is 8.42. The Balaban J connectivity index is 1.90. The molecule has 0 atom stereocenters. The van der Waals surface area contributed by atoms with Crippen molar-refractivity contribution in [2.45, 2.75) is 31.8 Å². The molecular weight excluding hydrogens is 334 g/mol. The zero-order valence-corrected chi connectivity index (χ0v) is 14.9. The van der Waals surface area contributed by atoms with Crippen LogP contribution in [0.2, 0.25) is 5.02 Å². The molecule has 25 heavy (non-hydrogen) atoms. The number of benzene rings is 2. The van der Waals surface area contributed by atoms with Crippen molar-refractivity contribution in [3.63, 3.8) is 0 Å². The maximum atomic E-state index is 9.50. The molecule has 2 aromatic carbocycles. The van der Waals surface area contributed by atoms with Gasteiger partial charge in [-0.2, -0.15) is 5.26 Å². The molecule has 0 aliphatic heterocycles. The van der Waals surface area contributed by atoms with Gasteiger partial charge in [-0.1, -0.05) is 29.8 Å². The Kier molecular flexibility index (Phi) is 5.63. The van der Waals surface area contributed by atoms with Gasteiger partial charge in [0.2, 0.25) is 0 Å². The molecule has 3 nitrogen and oxygen atoms in total. The third-order valence-electron chi connectivity index (χ3n) is 4.37. The lowest BCUT2D eigenvalue weighted by Gasteiger charge is -2.16. The number of nitrogens with zero attached hydrogens (tertiary/aromatic N) is 1. The fourth-order valence-corrected chi connectivity index (χ4v) is 3.16. The summed E-state index contributed by atoms with van der Waals surface area (Å²) in [7, 11) is 1.64. The van der Waals surface area contributed by atoms with Gasteiger partial charge in [0, 0.05) is 5.02 Å². The molecule has 0 N–H and O–H groups in total. The second-order valence-electron chi connectivity index (χ2n) is 6.11. The Bertz CT molecular complexity index is 800. The van der Waals surface area contributed by atoms with Crippen LogP contribution < -0.4 is 9.47 Å². The van der Waals surface area contributed by atoms with Gasteiger partial charge in [-0.25, -0.2) is 0 Å². The van der Waals surface area contributed by atoms with Gasteiger partial charge in [-0.3, -0.25) is 0 Å². The van der Waals surface area contributed by atoms with Crippen molar-refractivity contribution in [2.75, 3.05) is 7.11 Å². The van der Waals surface area contributed by atoms with Crippen molar-refractivity contribution in [1.29, 1.82) is 5.26 Å². The van der Waals surface area contributed by atoms with Crippen molar-refractivity contribution >= 4 is 23.3 Å². The zero-order valence-electron chi connectivity index (χ0n) is 14.2. The summed E-state index contributed by atoms with van der Waals surface area (Å²) in [5.41, 5.74) is 2.31. The number of hydrogen-bond donors (Lipinski definition) is 0. The van der Waals surface area contributed by atoms with Crippen LogP contribution in [0.1, 0.15) is 36.8 Å². The largest absolute Gasteiger partial charge is 0.493 e. The summed E-state index contributed by atoms with van der Waals surface area (Å²) in [4.78, 5) is 0. The molecule has 128 valence electrons. The highest BCUT2D eigenvalue weighted by Crippen LogP contribution is 2.33.